The molecule has 0 amide bonds. The monoisotopic (exact) mass is 450 g/mol. The number of H-pyrrole nitrogens is 1. The number of benzene rings is 2. The molecule has 0 radical (unpaired) electrons. The van der Waals surface area contributed by atoms with Gasteiger partial charge in [-0.05, 0) is 48.0 Å². The minimum atomic E-state index is -0.305. The molecule has 6 nitrogen and oxygen atoms in total. The Kier molecular flexibility index (Phi) is 6.67. The van der Waals surface area contributed by atoms with Gasteiger partial charge in [0, 0.05) is 5.69 Å². The number of halogens is 2. The van der Waals surface area contributed by atoms with Crippen molar-refractivity contribution in [2.45, 2.75) is 13.2 Å². The van der Waals surface area contributed by atoms with E-state index in [1.165, 1.54) is 18.5 Å². The van der Waals surface area contributed by atoms with Gasteiger partial charge in [-0.25, -0.2) is 14.4 Å². The second-order valence-corrected chi connectivity index (χ2v) is 7.25. The van der Waals surface area contributed by atoms with Crippen molar-refractivity contribution in [2.75, 3.05) is 5.32 Å². The number of hydrogen-bond acceptors (Lipinski definition) is 5. The number of nitrogens with one attached hydrogen (secondary N) is 2. The molecule has 0 fully saturated rings. The molecule has 0 atom stereocenters. The van der Waals surface area contributed by atoms with Crippen LogP contribution in [0.5, 0.6) is 5.75 Å². The summed E-state index contributed by atoms with van der Waals surface area (Å²) in [6.07, 6.45) is 6.41. The highest BCUT2D eigenvalue weighted by molar-refractivity contribution is 6.32. The van der Waals surface area contributed by atoms with Gasteiger partial charge in [0.1, 0.15) is 36.6 Å². The zero-order valence-electron chi connectivity index (χ0n) is 17.0. The van der Waals surface area contributed by atoms with Crippen LogP contribution in [0.25, 0.3) is 11.0 Å². The van der Waals surface area contributed by atoms with Crippen molar-refractivity contribution < 1.29 is 13.9 Å². The van der Waals surface area contributed by atoms with Gasteiger partial charge >= 0.3 is 0 Å². The molecule has 0 saturated heterocycles. The summed E-state index contributed by atoms with van der Waals surface area (Å²) in [5.74, 6) is 0.800. The van der Waals surface area contributed by atoms with Crippen LogP contribution >= 0.6 is 11.6 Å². The van der Waals surface area contributed by atoms with Crippen LogP contribution in [0.15, 0.2) is 79.9 Å². The van der Waals surface area contributed by atoms with Gasteiger partial charge in [-0.1, -0.05) is 36.4 Å². The highest BCUT2D eigenvalue weighted by Gasteiger charge is 2.10. The van der Waals surface area contributed by atoms with Crippen LogP contribution in [-0.2, 0) is 18.0 Å². The number of rotatable bonds is 9. The highest BCUT2D eigenvalue weighted by atomic mass is 35.5. The molecule has 8 heteroatoms. The van der Waals surface area contributed by atoms with E-state index in [2.05, 4.69) is 26.8 Å². The Hall–Kier alpha value is -3.84. The first-order chi connectivity index (χ1) is 15.6. The molecule has 162 valence electrons. The normalized spacial score (nSPS) is 11.1. The summed E-state index contributed by atoms with van der Waals surface area (Å²) in [6, 6.07) is 13.5. The Morgan fingerprint density at radius 1 is 1.12 bits per heavy atom. The summed E-state index contributed by atoms with van der Waals surface area (Å²) >= 11 is 6.39. The molecular formula is C24H20ClFN4O2. The molecule has 0 saturated carbocycles. The van der Waals surface area contributed by atoms with Gasteiger partial charge in [-0.3, -0.25) is 0 Å². The van der Waals surface area contributed by atoms with Crippen LogP contribution in [0.3, 0.4) is 0 Å². The van der Waals surface area contributed by atoms with Crippen LogP contribution in [-0.4, -0.2) is 15.0 Å². The topological polar surface area (TPSA) is 72.1 Å². The van der Waals surface area contributed by atoms with Gasteiger partial charge < -0.3 is 19.8 Å². The first kappa shape index (κ1) is 21.4. The van der Waals surface area contributed by atoms with Gasteiger partial charge in [-0.2, -0.15) is 0 Å². The third-order valence-electron chi connectivity index (χ3n) is 4.50. The largest absolute Gasteiger partial charge is 0.495 e. The second kappa shape index (κ2) is 9.98. The van der Waals surface area contributed by atoms with Crippen molar-refractivity contribution in [2.24, 2.45) is 0 Å². The van der Waals surface area contributed by atoms with E-state index in [4.69, 9.17) is 21.1 Å². The first-order valence-electron chi connectivity index (χ1n) is 9.78. The molecule has 2 N–H and O–H groups in total. The lowest BCUT2D eigenvalue weighted by Gasteiger charge is -2.11. The third-order valence-corrected chi connectivity index (χ3v) is 4.80. The Balaban J connectivity index is 1.46. The summed E-state index contributed by atoms with van der Waals surface area (Å²) < 4.78 is 24.5. The van der Waals surface area contributed by atoms with Crippen molar-refractivity contribution >= 4 is 34.1 Å². The summed E-state index contributed by atoms with van der Waals surface area (Å²) in [5, 5.41) is 3.67. The third kappa shape index (κ3) is 5.25. The zero-order chi connectivity index (χ0) is 22.3. The fraction of sp³-hybridized carbons (Fsp3) is 0.0833. The van der Waals surface area contributed by atoms with Crippen molar-refractivity contribution in [3.05, 3.63) is 102 Å². The SMILES string of the molecule is C=CC=COCc1cc2ncnc(Nc3ccc(OCc4cccc(F)c4)c(Cl)c3)c2[nH]1. The molecule has 0 spiro atoms. The van der Waals surface area contributed by atoms with Crippen molar-refractivity contribution in [3.8, 4) is 5.75 Å². The maximum atomic E-state index is 13.3. The Morgan fingerprint density at radius 3 is 2.84 bits per heavy atom. The molecule has 0 aliphatic carbocycles. The second-order valence-electron chi connectivity index (χ2n) is 6.84. The van der Waals surface area contributed by atoms with Crippen molar-refractivity contribution in [1.82, 2.24) is 15.0 Å². The fourth-order valence-electron chi connectivity index (χ4n) is 3.04. The number of aromatic nitrogens is 3. The number of hydrogen-bond donors (Lipinski definition) is 2. The Labute approximate surface area is 189 Å². The lowest BCUT2D eigenvalue weighted by Crippen LogP contribution is -1.98. The summed E-state index contributed by atoms with van der Waals surface area (Å²) in [7, 11) is 0. The summed E-state index contributed by atoms with van der Waals surface area (Å²) in [6.45, 7) is 4.18. The molecule has 32 heavy (non-hydrogen) atoms. The van der Waals surface area contributed by atoms with Gasteiger partial charge in [0.05, 0.1) is 22.5 Å². The Bertz CT molecular complexity index is 1270. The molecule has 0 aliphatic rings. The van der Waals surface area contributed by atoms with Crippen molar-refractivity contribution in [1.29, 1.82) is 0 Å². The number of nitrogens with zero attached hydrogens (tertiary/aromatic N) is 2. The summed E-state index contributed by atoms with van der Waals surface area (Å²) in [4.78, 5) is 11.9. The van der Waals surface area contributed by atoms with E-state index >= 15 is 0 Å². The number of aromatic amines is 1. The average Bonchev–Trinajstić information content (AvgIpc) is 3.20. The van der Waals surface area contributed by atoms with E-state index in [9.17, 15) is 4.39 Å². The van der Waals surface area contributed by atoms with Crippen LogP contribution in [0.1, 0.15) is 11.3 Å². The van der Waals surface area contributed by atoms with E-state index < -0.39 is 0 Å². The number of fused-ring (bicyclic) bond motifs is 1. The predicted octanol–water partition coefficient (Wildman–Crippen LogP) is 6.29. The maximum absolute atomic E-state index is 13.3. The molecule has 0 bridgehead atoms. The molecular weight excluding hydrogens is 431 g/mol. The van der Waals surface area contributed by atoms with E-state index in [1.807, 2.05) is 12.1 Å². The van der Waals surface area contributed by atoms with Crippen LogP contribution in [0, 0.1) is 5.82 Å². The van der Waals surface area contributed by atoms with Gasteiger partial charge in [0.2, 0.25) is 0 Å². The molecule has 2 aromatic carbocycles. The molecule has 4 aromatic rings. The molecule has 2 heterocycles. The highest BCUT2D eigenvalue weighted by Crippen LogP contribution is 2.31. The molecule has 0 unspecified atom stereocenters. The molecule has 2 aromatic heterocycles. The smallest absolute Gasteiger partial charge is 0.158 e. The van der Waals surface area contributed by atoms with Crippen LogP contribution in [0.2, 0.25) is 5.02 Å². The van der Waals surface area contributed by atoms with Crippen LogP contribution < -0.4 is 10.1 Å². The van der Waals surface area contributed by atoms with Gasteiger partial charge in [0.25, 0.3) is 0 Å². The first-order valence-corrected chi connectivity index (χ1v) is 10.2. The standard InChI is InChI=1S/C24H20ClFN4O2/c1-2-3-9-31-14-19-12-21-23(29-19)24(28-15-27-21)30-18-7-8-22(20(25)11-18)32-13-16-5-4-6-17(26)10-16/h2-12,15,29H,1,13-14H2,(H,27,28,30). The van der Waals surface area contributed by atoms with Crippen molar-refractivity contribution in [3.63, 3.8) is 0 Å². The van der Waals surface area contributed by atoms with E-state index in [0.717, 1.165) is 28.0 Å². The van der Waals surface area contributed by atoms with E-state index in [-0.39, 0.29) is 12.4 Å². The average molecular weight is 451 g/mol. The summed E-state index contributed by atoms with van der Waals surface area (Å²) in [5.41, 5.74) is 3.82. The Morgan fingerprint density at radius 2 is 2.03 bits per heavy atom. The lowest BCUT2D eigenvalue weighted by atomic mass is 10.2. The van der Waals surface area contributed by atoms with E-state index in [1.54, 1.807) is 42.7 Å². The number of ether oxygens (including phenoxy) is 2. The zero-order valence-corrected chi connectivity index (χ0v) is 17.8. The lowest BCUT2D eigenvalue weighted by molar-refractivity contribution is 0.233. The molecule has 0 aliphatic heterocycles. The molecule has 4 rings (SSSR count). The minimum absolute atomic E-state index is 0.214. The van der Waals surface area contributed by atoms with Gasteiger partial charge in [-0.15, -0.1) is 0 Å². The fourth-order valence-corrected chi connectivity index (χ4v) is 3.27. The van der Waals surface area contributed by atoms with Crippen LogP contribution in [0.4, 0.5) is 15.9 Å². The number of allylic oxidation sites excluding steroid dienone is 2. The minimum Gasteiger partial charge on any atom is -0.495 e. The number of anilines is 2. The van der Waals surface area contributed by atoms with Gasteiger partial charge in [0.15, 0.2) is 5.82 Å². The maximum Gasteiger partial charge on any atom is 0.158 e. The quantitative estimate of drug-likeness (QED) is 0.231. The predicted molar refractivity (Wildman–Crippen MR) is 123 cm³/mol. The van der Waals surface area contributed by atoms with E-state index in [0.29, 0.717) is 23.2 Å².